The lowest BCUT2D eigenvalue weighted by molar-refractivity contribution is 0.777. The van der Waals surface area contributed by atoms with Crippen LogP contribution in [-0.4, -0.2) is 25.2 Å². The van der Waals surface area contributed by atoms with E-state index in [-0.39, 0.29) is 10.3 Å². The summed E-state index contributed by atoms with van der Waals surface area (Å²) in [6.45, 7) is 0. The van der Waals surface area contributed by atoms with Crippen molar-refractivity contribution < 1.29 is 0 Å². The largest absolute Gasteiger partial charge is 0.365 e. The second kappa shape index (κ2) is 3.39. The summed E-state index contributed by atoms with van der Waals surface area (Å²) in [6, 6.07) is 3.03. The van der Waals surface area contributed by atoms with E-state index >= 15 is 0 Å². The molecule has 2 aromatic heterocycles. The number of H-pyrrole nitrogens is 1. The van der Waals surface area contributed by atoms with E-state index in [1.165, 1.54) is 12.1 Å². The fourth-order valence-electron chi connectivity index (χ4n) is 0.918. The van der Waals surface area contributed by atoms with E-state index in [0.717, 1.165) is 4.68 Å². The lowest BCUT2D eigenvalue weighted by atomic mass is 10.4. The smallest absolute Gasteiger partial charge is 0.244 e. The predicted octanol–water partition coefficient (Wildman–Crippen LogP) is 0.657. The monoisotopic (exact) mass is 231 g/mol. The van der Waals surface area contributed by atoms with Crippen LogP contribution in [0, 0.1) is 0 Å². The summed E-state index contributed by atoms with van der Waals surface area (Å²) in [7, 11) is 0. The van der Waals surface area contributed by atoms with Gasteiger partial charge in [0.15, 0.2) is 5.15 Å². The molecule has 2 rings (SSSR count). The molecule has 72 valence electrons. The van der Waals surface area contributed by atoms with Crippen LogP contribution in [0.2, 0.25) is 10.3 Å². The highest BCUT2D eigenvalue weighted by Crippen LogP contribution is 2.18. The highest BCUT2D eigenvalue weighted by atomic mass is 35.5. The van der Waals surface area contributed by atoms with Crippen LogP contribution in [0.1, 0.15) is 0 Å². The van der Waals surface area contributed by atoms with Crippen molar-refractivity contribution in [1.29, 1.82) is 0 Å². The van der Waals surface area contributed by atoms with Gasteiger partial charge in [-0.25, -0.2) is 14.9 Å². The Kier molecular flexibility index (Phi) is 2.22. The third-order valence-corrected chi connectivity index (χ3v) is 1.98. The van der Waals surface area contributed by atoms with Gasteiger partial charge in [-0.3, -0.25) is 0 Å². The van der Waals surface area contributed by atoms with Crippen LogP contribution in [-0.2, 0) is 0 Å². The van der Waals surface area contributed by atoms with Crippen molar-refractivity contribution in [1.82, 2.24) is 25.2 Å². The summed E-state index contributed by atoms with van der Waals surface area (Å²) in [4.78, 5) is 14.9. The third-order valence-electron chi connectivity index (χ3n) is 1.50. The van der Waals surface area contributed by atoms with Crippen LogP contribution in [0.3, 0.4) is 0 Å². The van der Waals surface area contributed by atoms with E-state index in [1.54, 1.807) is 0 Å². The molecule has 0 atom stereocenters. The van der Waals surface area contributed by atoms with Crippen molar-refractivity contribution in [2.75, 3.05) is 0 Å². The maximum Gasteiger partial charge on any atom is 0.365 e. The number of pyridine rings is 1. The molecule has 2 aromatic rings. The lowest BCUT2D eigenvalue weighted by Gasteiger charge is -1.99. The fraction of sp³-hybridized carbons (Fsp3) is 0. The Bertz CT molecular complexity index is 519. The summed E-state index contributed by atoms with van der Waals surface area (Å²) in [5, 5.41) is 9.30. The molecular weight excluding hydrogens is 229 g/mol. The highest BCUT2D eigenvalue weighted by molar-refractivity contribution is 6.33. The van der Waals surface area contributed by atoms with E-state index in [9.17, 15) is 4.79 Å². The molecule has 2 heterocycles. The van der Waals surface area contributed by atoms with Crippen molar-refractivity contribution in [2.24, 2.45) is 0 Å². The molecule has 14 heavy (non-hydrogen) atoms. The summed E-state index contributed by atoms with van der Waals surface area (Å²) < 4.78 is 0.992. The second-order valence-corrected chi connectivity index (χ2v) is 3.11. The van der Waals surface area contributed by atoms with Crippen molar-refractivity contribution in [3.63, 3.8) is 0 Å². The zero-order chi connectivity index (χ0) is 10.1. The zero-order valence-corrected chi connectivity index (χ0v) is 8.12. The van der Waals surface area contributed by atoms with Crippen molar-refractivity contribution >= 4 is 23.2 Å². The average Bonchev–Trinajstić information content (AvgIpc) is 2.52. The molecule has 0 amide bonds. The minimum Gasteiger partial charge on any atom is -0.244 e. The lowest BCUT2D eigenvalue weighted by Crippen LogP contribution is -2.16. The van der Waals surface area contributed by atoms with Crippen molar-refractivity contribution in [3.8, 4) is 5.69 Å². The number of aromatic amines is 1. The predicted molar refractivity (Wildman–Crippen MR) is 49.8 cm³/mol. The molecule has 0 fully saturated rings. The molecule has 6 nitrogen and oxygen atoms in total. The van der Waals surface area contributed by atoms with Crippen molar-refractivity contribution in [3.05, 3.63) is 32.9 Å². The number of nitrogens with one attached hydrogen (secondary N) is 1. The molecule has 8 heteroatoms. The van der Waals surface area contributed by atoms with Gasteiger partial charge in [0.05, 0.1) is 0 Å². The van der Waals surface area contributed by atoms with Gasteiger partial charge in [0.1, 0.15) is 10.8 Å². The Hall–Kier alpha value is -1.40. The van der Waals surface area contributed by atoms with Gasteiger partial charge in [-0.2, -0.15) is 4.68 Å². The number of rotatable bonds is 1. The van der Waals surface area contributed by atoms with Crippen LogP contribution < -0.4 is 5.69 Å². The van der Waals surface area contributed by atoms with Gasteiger partial charge in [0.2, 0.25) is 0 Å². The number of hydrogen-bond donors (Lipinski definition) is 1. The number of tetrazole rings is 1. The molecule has 0 aliphatic rings. The molecule has 0 radical (unpaired) electrons. The molecule has 0 unspecified atom stereocenters. The number of halogens is 2. The van der Waals surface area contributed by atoms with E-state index < -0.39 is 5.69 Å². The zero-order valence-electron chi connectivity index (χ0n) is 6.61. The molecule has 0 saturated heterocycles. The Morgan fingerprint density at radius 2 is 2.14 bits per heavy atom. The van der Waals surface area contributed by atoms with Gasteiger partial charge in [0, 0.05) is 0 Å². The van der Waals surface area contributed by atoms with Gasteiger partial charge in [-0.1, -0.05) is 23.2 Å². The Morgan fingerprint density at radius 1 is 1.36 bits per heavy atom. The summed E-state index contributed by atoms with van der Waals surface area (Å²) >= 11 is 11.3. The molecule has 0 aromatic carbocycles. The van der Waals surface area contributed by atoms with E-state index in [0.29, 0.717) is 5.69 Å². The molecular formula is C6H3Cl2N5O. The summed E-state index contributed by atoms with van der Waals surface area (Å²) in [5.74, 6) is 0. The summed E-state index contributed by atoms with van der Waals surface area (Å²) in [6.07, 6.45) is 0. The topological polar surface area (TPSA) is 76.5 Å². The quantitative estimate of drug-likeness (QED) is 0.732. The van der Waals surface area contributed by atoms with Gasteiger partial charge in [0.25, 0.3) is 0 Å². The minimum absolute atomic E-state index is 0.0912. The normalized spacial score (nSPS) is 10.4. The maximum atomic E-state index is 11.1. The second-order valence-electron chi connectivity index (χ2n) is 2.36. The third kappa shape index (κ3) is 1.49. The summed E-state index contributed by atoms with van der Waals surface area (Å²) in [5.41, 5.74) is -0.161. The molecule has 1 N–H and O–H groups in total. The molecule has 0 bridgehead atoms. The van der Waals surface area contributed by atoms with Gasteiger partial charge < -0.3 is 0 Å². The molecule has 0 aliphatic carbocycles. The van der Waals surface area contributed by atoms with Crippen LogP contribution in [0.4, 0.5) is 0 Å². The van der Waals surface area contributed by atoms with Gasteiger partial charge in [-0.15, -0.1) is 0 Å². The Balaban J connectivity index is 2.63. The standard InChI is InChI=1S/C6H3Cl2N5O/c7-4-2-1-3(5(8)9-4)13-6(14)10-11-12-13/h1-2H,(H,10,12,14). The number of nitrogens with zero attached hydrogens (tertiary/aromatic N) is 4. The highest BCUT2D eigenvalue weighted by Gasteiger charge is 2.08. The van der Waals surface area contributed by atoms with E-state index in [4.69, 9.17) is 23.2 Å². The Morgan fingerprint density at radius 3 is 2.71 bits per heavy atom. The molecule has 0 spiro atoms. The van der Waals surface area contributed by atoms with Crippen LogP contribution in [0.15, 0.2) is 16.9 Å². The molecule has 0 aliphatic heterocycles. The number of aromatic nitrogens is 5. The van der Waals surface area contributed by atoms with E-state index in [2.05, 4.69) is 20.5 Å². The fourth-order valence-corrected chi connectivity index (χ4v) is 1.34. The average molecular weight is 232 g/mol. The minimum atomic E-state index is -0.490. The van der Waals surface area contributed by atoms with Crippen molar-refractivity contribution in [2.45, 2.75) is 0 Å². The van der Waals surface area contributed by atoms with Crippen LogP contribution in [0.25, 0.3) is 5.69 Å². The number of hydrogen-bond acceptors (Lipinski definition) is 4. The van der Waals surface area contributed by atoms with E-state index in [1.807, 2.05) is 0 Å². The maximum absolute atomic E-state index is 11.1. The van der Waals surface area contributed by atoms with Gasteiger partial charge in [-0.05, 0) is 22.6 Å². The van der Waals surface area contributed by atoms with Crippen LogP contribution >= 0.6 is 23.2 Å². The first-order valence-corrected chi connectivity index (χ1v) is 4.27. The van der Waals surface area contributed by atoms with Crippen LogP contribution in [0.5, 0.6) is 0 Å². The first kappa shape index (κ1) is 9.17. The Labute approximate surface area is 87.5 Å². The first-order valence-electron chi connectivity index (χ1n) is 3.51. The first-order chi connectivity index (χ1) is 6.68. The van der Waals surface area contributed by atoms with Gasteiger partial charge >= 0.3 is 5.69 Å². The molecule has 0 saturated carbocycles. The SMILES string of the molecule is O=c1[nH]nnn1-c1ccc(Cl)nc1Cl.